The van der Waals surface area contributed by atoms with Gasteiger partial charge >= 0.3 is 0 Å². The quantitative estimate of drug-likeness (QED) is 0.468. The normalized spacial score (nSPS) is 22.8. The van der Waals surface area contributed by atoms with Gasteiger partial charge in [0.1, 0.15) is 6.29 Å². The summed E-state index contributed by atoms with van der Waals surface area (Å²) in [6.07, 6.45) is 13.9. The van der Waals surface area contributed by atoms with Gasteiger partial charge in [-0.2, -0.15) is 0 Å². The van der Waals surface area contributed by atoms with Crippen molar-refractivity contribution in [3.63, 3.8) is 0 Å². The largest absolute Gasteiger partial charge is 0.299 e. The Labute approximate surface area is 123 Å². The molecule has 0 radical (unpaired) electrons. The number of allylic oxidation sites excluding steroid dienone is 6. The molecule has 20 heavy (non-hydrogen) atoms. The summed E-state index contributed by atoms with van der Waals surface area (Å²) < 4.78 is 0. The molecule has 0 aromatic heterocycles. The Morgan fingerprint density at radius 1 is 1.30 bits per heavy atom. The van der Waals surface area contributed by atoms with E-state index in [2.05, 4.69) is 19.9 Å². The number of aldehydes is 1. The highest BCUT2D eigenvalue weighted by Gasteiger charge is 2.30. The van der Waals surface area contributed by atoms with Crippen LogP contribution in [-0.4, -0.2) is 6.29 Å². The standard InChI is InChI=1S/C19H28O/c1-14(2)7-10-19-17(13-15(3)11-12-20)5-4-6-18(19)16-8-9-16/h11-14,16H,4-10H2,1-3H3/b15-11+,17-13+. The average molecular weight is 272 g/mol. The topological polar surface area (TPSA) is 17.1 Å². The monoisotopic (exact) mass is 272 g/mol. The van der Waals surface area contributed by atoms with E-state index in [0.717, 1.165) is 23.7 Å². The molecule has 2 aliphatic carbocycles. The van der Waals surface area contributed by atoms with Gasteiger partial charge in [-0.05, 0) is 86.5 Å². The molecule has 0 amide bonds. The summed E-state index contributed by atoms with van der Waals surface area (Å²) in [5, 5.41) is 0. The first-order valence-electron chi connectivity index (χ1n) is 8.16. The van der Waals surface area contributed by atoms with Gasteiger partial charge in [-0.3, -0.25) is 4.79 Å². The van der Waals surface area contributed by atoms with Gasteiger partial charge < -0.3 is 0 Å². The fourth-order valence-electron chi connectivity index (χ4n) is 3.20. The molecule has 1 nitrogen and oxygen atoms in total. The molecule has 0 bridgehead atoms. The number of carbonyl (C=O) groups is 1. The molecule has 0 N–H and O–H groups in total. The maximum absolute atomic E-state index is 10.6. The van der Waals surface area contributed by atoms with Gasteiger partial charge in [0, 0.05) is 0 Å². The van der Waals surface area contributed by atoms with E-state index in [1.165, 1.54) is 50.5 Å². The van der Waals surface area contributed by atoms with Crippen molar-refractivity contribution in [3.05, 3.63) is 34.4 Å². The Morgan fingerprint density at radius 3 is 2.65 bits per heavy atom. The maximum Gasteiger partial charge on any atom is 0.143 e. The minimum Gasteiger partial charge on any atom is -0.299 e. The third-order valence-electron chi connectivity index (χ3n) is 4.44. The fourth-order valence-corrected chi connectivity index (χ4v) is 3.20. The first kappa shape index (κ1) is 15.3. The lowest BCUT2D eigenvalue weighted by molar-refractivity contribution is -0.104. The summed E-state index contributed by atoms with van der Waals surface area (Å²) in [5.41, 5.74) is 6.00. The summed E-state index contributed by atoms with van der Waals surface area (Å²) >= 11 is 0. The van der Waals surface area contributed by atoms with Crippen molar-refractivity contribution in [1.29, 1.82) is 0 Å². The number of hydrogen-bond acceptors (Lipinski definition) is 1. The minimum absolute atomic E-state index is 0.762. The smallest absolute Gasteiger partial charge is 0.143 e. The van der Waals surface area contributed by atoms with E-state index < -0.39 is 0 Å². The van der Waals surface area contributed by atoms with Crippen molar-refractivity contribution >= 4 is 6.29 Å². The summed E-state index contributed by atoms with van der Waals surface area (Å²) in [6.45, 7) is 6.65. The van der Waals surface area contributed by atoms with Crippen LogP contribution in [0.15, 0.2) is 34.4 Å². The van der Waals surface area contributed by atoms with Crippen LogP contribution in [-0.2, 0) is 4.79 Å². The Kier molecular flexibility index (Phi) is 5.39. The molecule has 1 fully saturated rings. The van der Waals surface area contributed by atoms with Crippen LogP contribution in [0.2, 0.25) is 0 Å². The Bertz CT molecular complexity index is 444. The van der Waals surface area contributed by atoms with Crippen LogP contribution < -0.4 is 0 Å². The van der Waals surface area contributed by atoms with E-state index in [4.69, 9.17) is 0 Å². The molecular weight excluding hydrogens is 244 g/mol. The van der Waals surface area contributed by atoms with Crippen LogP contribution in [0.25, 0.3) is 0 Å². The Morgan fingerprint density at radius 2 is 2.05 bits per heavy atom. The number of rotatable bonds is 6. The van der Waals surface area contributed by atoms with Gasteiger partial charge in [0.2, 0.25) is 0 Å². The van der Waals surface area contributed by atoms with E-state index >= 15 is 0 Å². The second-order valence-electron chi connectivity index (χ2n) is 6.78. The predicted molar refractivity (Wildman–Crippen MR) is 85.6 cm³/mol. The minimum atomic E-state index is 0.762. The first-order valence-corrected chi connectivity index (χ1v) is 8.16. The molecular formula is C19H28O. The number of carbonyl (C=O) groups excluding carboxylic acids is 1. The molecule has 0 aliphatic heterocycles. The van der Waals surface area contributed by atoms with Crippen LogP contribution in [0, 0.1) is 11.8 Å². The molecule has 2 aliphatic rings. The molecule has 110 valence electrons. The van der Waals surface area contributed by atoms with Crippen molar-refractivity contribution in [2.75, 3.05) is 0 Å². The third kappa shape index (κ3) is 4.19. The molecule has 2 rings (SSSR count). The highest BCUT2D eigenvalue weighted by Crippen LogP contribution is 2.46. The third-order valence-corrected chi connectivity index (χ3v) is 4.44. The lowest BCUT2D eigenvalue weighted by Gasteiger charge is -2.24. The van der Waals surface area contributed by atoms with Crippen molar-refractivity contribution in [1.82, 2.24) is 0 Å². The van der Waals surface area contributed by atoms with E-state index in [0.29, 0.717) is 0 Å². The van der Waals surface area contributed by atoms with Crippen LogP contribution in [0.3, 0.4) is 0 Å². The molecule has 0 aromatic rings. The molecule has 1 heteroatoms. The second kappa shape index (κ2) is 7.06. The van der Waals surface area contributed by atoms with Gasteiger partial charge in [-0.25, -0.2) is 0 Å². The Hall–Kier alpha value is -1.11. The van der Waals surface area contributed by atoms with Gasteiger partial charge in [0.05, 0.1) is 0 Å². The molecule has 0 unspecified atom stereocenters. The maximum atomic E-state index is 10.6. The van der Waals surface area contributed by atoms with Crippen LogP contribution in [0.4, 0.5) is 0 Å². The molecule has 0 atom stereocenters. The van der Waals surface area contributed by atoms with Crippen molar-refractivity contribution < 1.29 is 4.79 Å². The second-order valence-corrected chi connectivity index (χ2v) is 6.78. The van der Waals surface area contributed by atoms with Gasteiger partial charge in [-0.15, -0.1) is 0 Å². The average Bonchev–Trinajstić information content (AvgIpc) is 3.21. The summed E-state index contributed by atoms with van der Waals surface area (Å²) in [7, 11) is 0. The van der Waals surface area contributed by atoms with E-state index in [9.17, 15) is 4.79 Å². The summed E-state index contributed by atoms with van der Waals surface area (Å²) in [6, 6.07) is 0. The van der Waals surface area contributed by atoms with E-state index in [1.54, 1.807) is 17.2 Å². The summed E-state index contributed by atoms with van der Waals surface area (Å²) in [4.78, 5) is 10.6. The molecule has 0 aromatic carbocycles. The highest BCUT2D eigenvalue weighted by molar-refractivity contribution is 5.67. The van der Waals surface area contributed by atoms with Crippen molar-refractivity contribution in [2.45, 2.75) is 65.7 Å². The number of hydrogen-bond donors (Lipinski definition) is 0. The van der Waals surface area contributed by atoms with E-state index in [1.807, 2.05) is 6.92 Å². The van der Waals surface area contributed by atoms with Crippen LogP contribution in [0.1, 0.15) is 65.7 Å². The zero-order chi connectivity index (χ0) is 14.5. The van der Waals surface area contributed by atoms with E-state index in [-0.39, 0.29) is 0 Å². The van der Waals surface area contributed by atoms with Crippen molar-refractivity contribution in [2.24, 2.45) is 11.8 Å². The molecule has 0 heterocycles. The first-order chi connectivity index (χ1) is 9.61. The molecule has 1 saturated carbocycles. The summed E-state index contributed by atoms with van der Waals surface area (Å²) in [5.74, 6) is 1.65. The zero-order valence-electron chi connectivity index (χ0n) is 13.2. The molecule has 0 spiro atoms. The lowest BCUT2D eigenvalue weighted by Crippen LogP contribution is -2.07. The van der Waals surface area contributed by atoms with Crippen LogP contribution in [0.5, 0.6) is 0 Å². The van der Waals surface area contributed by atoms with Gasteiger partial charge in [0.25, 0.3) is 0 Å². The van der Waals surface area contributed by atoms with Crippen LogP contribution >= 0.6 is 0 Å². The van der Waals surface area contributed by atoms with Crippen molar-refractivity contribution in [3.8, 4) is 0 Å². The van der Waals surface area contributed by atoms with Gasteiger partial charge in [0.15, 0.2) is 0 Å². The Balaban J connectivity index is 2.26. The van der Waals surface area contributed by atoms with Gasteiger partial charge in [-0.1, -0.05) is 25.5 Å². The predicted octanol–water partition coefficient (Wildman–Crippen LogP) is 5.38. The SMILES string of the molecule is CC(=C\C=O)/C=C1\CCCC(C2CC2)=C1CCC(C)C. The zero-order valence-corrected chi connectivity index (χ0v) is 13.2. The highest BCUT2D eigenvalue weighted by atomic mass is 16.1. The lowest BCUT2D eigenvalue weighted by atomic mass is 9.81. The fraction of sp³-hybridized carbons (Fsp3) is 0.632. The molecule has 0 saturated heterocycles.